The molecule has 1 unspecified atom stereocenters. The Morgan fingerprint density at radius 2 is 1.69 bits per heavy atom. The van der Waals surface area contributed by atoms with Crippen LogP contribution in [0.5, 0.6) is 5.75 Å². The van der Waals surface area contributed by atoms with E-state index in [9.17, 15) is 0 Å². The van der Waals surface area contributed by atoms with E-state index >= 15 is 0 Å². The second-order valence-electron chi connectivity index (χ2n) is 8.42. The third-order valence-electron chi connectivity index (χ3n) is 6.32. The molecule has 29 heavy (non-hydrogen) atoms. The number of hydrogen-bond acceptors (Lipinski definition) is 4. The predicted molar refractivity (Wildman–Crippen MR) is 117 cm³/mol. The molecule has 0 N–H and O–H groups in total. The number of nitrogens with zero attached hydrogens (tertiary/aromatic N) is 2. The van der Waals surface area contributed by atoms with E-state index in [-0.39, 0.29) is 0 Å². The van der Waals surface area contributed by atoms with Gasteiger partial charge >= 0.3 is 0 Å². The maximum absolute atomic E-state index is 6.21. The molecule has 1 atom stereocenters. The van der Waals surface area contributed by atoms with Crippen molar-refractivity contribution in [1.82, 2.24) is 9.80 Å². The molecule has 4 rings (SSSR count). The zero-order chi connectivity index (χ0) is 19.9. The van der Waals surface area contributed by atoms with Gasteiger partial charge in [0.15, 0.2) is 0 Å². The number of rotatable bonds is 6. The smallest absolute Gasteiger partial charge is 0.118 e. The summed E-state index contributed by atoms with van der Waals surface area (Å²) in [6.45, 7) is 7.46. The van der Waals surface area contributed by atoms with Crippen molar-refractivity contribution in [2.24, 2.45) is 0 Å². The summed E-state index contributed by atoms with van der Waals surface area (Å²) < 4.78 is 11.5. The van der Waals surface area contributed by atoms with Gasteiger partial charge in [-0.1, -0.05) is 42.5 Å². The second kappa shape index (κ2) is 10.2. The van der Waals surface area contributed by atoms with Crippen molar-refractivity contribution in [2.45, 2.75) is 37.8 Å². The fourth-order valence-corrected chi connectivity index (χ4v) is 4.68. The van der Waals surface area contributed by atoms with Gasteiger partial charge in [-0.15, -0.1) is 0 Å². The lowest BCUT2D eigenvalue weighted by Gasteiger charge is -2.35. The maximum atomic E-state index is 6.21. The minimum atomic E-state index is 0.318. The fraction of sp³-hybridized carbons (Fsp3) is 0.520. The topological polar surface area (TPSA) is 24.9 Å². The summed E-state index contributed by atoms with van der Waals surface area (Å²) in [6, 6.07) is 19.4. The Balaban J connectivity index is 1.26. The molecule has 0 radical (unpaired) electrons. The number of benzene rings is 2. The van der Waals surface area contributed by atoms with Gasteiger partial charge in [-0.05, 0) is 61.5 Å². The number of likely N-dealkylation sites (tertiary alicyclic amines) is 1. The van der Waals surface area contributed by atoms with Crippen LogP contribution in [0.25, 0.3) is 0 Å². The van der Waals surface area contributed by atoms with E-state index in [0.717, 1.165) is 58.0 Å². The fourth-order valence-electron chi connectivity index (χ4n) is 4.68. The number of methoxy groups -OCH3 is 1. The summed E-state index contributed by atoms with van der Waals surface area (Å²) in [5.41, 5.74) is 2.85. The lowest BCUT2D eigenvalue weighted by atomic mass is 9.89. The van der Waals surface area contributed by atoms with E-state index in [0.29, 0.717) is 12.0 Å². The molecule has 2 fully saturated rings. The monoisotopic (exact) mass is 394 g/mol. The van der Waals surface area contributed by atoms with Crippen LogP contribution in [0.3, 0.4) is 0 Å². The summed E-state index contributed by atoms with van der Waals surface area (Å²) in [7, 11) is 1.73. The average Bonchev–Trinajstić information content (AvgIpc) is 3.00. The van der Waals surface area contributed by atoms with Crippen molar-refractivity contribution in [3.8, 4) is 5.75 Å². The zero-order valence-corrected chi connectivity index (χ0v) is 17.6. The van der Waals surface area contributed by atoms with Gasteiger partial charge in [0.05, 0.1) is 13.2 Å². The zero-order valence-electron chi connectivity index (χ0n) is 17.6. The van der Waals surface area contributed by atoms with Crippen molar-refractivity contribution in [1.29, 1.82) is 0 Å². The van der Waals surface area contributed by atoms with Crippen LogP contribution in [-0.4, -0.2) is 62.3 Å². The van der Waals surface area contributed by atoms with E-state index in [1.807, 2.05) is 0 Å². The van der Waals surface area contributed by atoms with Crippen molar-refractivity contribution < 1.29 is 9.47 Å². The Hall–Kier alpha value is -1.88. The first-order valence-electron chi connectivity index (χ1n) is 11.0. The lowest BCUT2D eigenvalue weighted by Crippen LogP contribution is -2.43. The van der Waals surface area contributed by atoms with Crippen LogP contribution in [0, 0.1) is 0 Å². The highest BCUT2D eigenvalue weighted by Gasteiger charge is 2.25. The summed E-state index contributed by atoms with van der Waals surface area (Å²) in [4.78, 5) is 5.17. The maximum Gasteiger partial charge on any atom is 0.118 e. The average molecular weight is 395 g/mol. The van der Waals surface area contributed by atoms with Gasteiger partial charge in [-0.25, -0.2) is 0 Å². The predicted octanol–water partition coefficient (Wildman–Crippen LogP) is 4.17. The van der Waals surface area contributed by atoms with Crippen LogP contribution in [0.1, 0.15) is 36.3 Å². The SMILES string of the molecule is COc1ccc(C2CCN(CC3CN(Cc4ccccc4)CCCO3)CC2)cc1. The lowest BCUT2D eigenvalue weighted by molar-refractivity contribution is 0.0203. The van der Waals surface area contributed by atoms with E-state index in [1.54, 1.807) is 7.11 Å². The van der Waals surface area contributed by atoms with E-state index in [1.165, 1.54) is 24.0 Å². The third kappa shape index (κ3) is 5.81. The van der Waals surface area contributed by atoms with E-state index in [2.05, 4.69) is 64.4 Å². The van der Waals surface area contributed by atoms with Crippen LogP contribution in [0.4, 0.5) is 0 Å². The molecule has 2 heterocycles. The standard InChI is InChI=1S/C25H34N2O2/c1-28-24-10-8-22(9-11-24)23-12-15-26(16-13-23)19-25-20-27(14-5-17-29-25)18-21-6-3-2-4-7-21/h2-4,6-11,23,25H,5,12-20H2,1H3. The van der Waals surface area contributed by atoms with Gasteiger partial charge in [0.25, 0.3) is 0 Å². The summed E-state index contributed by atoms with van der Waals surface area (Å²) in [5, 5.41) is 0. The first kappa shape index (κ1) is 20.4. The molecule has 2 saturated heterocycles. The van der Waals surface area contributed by atoms with E-state index < -0.39 is 0 Å². The number of piperidine rings is 1. The molecular formula is C25H34N2O2. The molecule has 0 aliphatic carbocycles. The number of ether oxygens (including phenoxy) is 2. The van der Waals surface area contributed by atoms with Crippen molar-refractivity contribution in [3.05, 3.63) is 65.7 Å². The summed E-state index contributed by atoms with van der Waals surface area (Å²) >= 11 is 0. The molecule has 2 aliphatic heterocycles. The highest BCUT2D eigenvalue weighted by molar-refractivity contribution is 5.29. The minimum absolute atomic E-state index is 0.318. The molecule has 0 aromatic heterocycles. The van der Waals surface area contributed by atoms with Gasteiger partial charge in [0.2, 0.25) is 0 Å². The van der Waals surface area contributed by atoms with Gasteiger partial charge in [0.1, 0.15) is 5.75 Å². The quantitative estimate of drug-likeness (QED) is 0.734. The normalized spacial score (nSPS) is 22.3. The number of hydrogen-bond donors (Lipinski definition) is 0. The van der Waals surface area contributed by atoms with E-state index in [4.69, 9.17) is 9.47 Å². The highest BCUT2D eigenvalue weighted by Crippen LogP contribution is 2.29. The molecular weight excluding hydrogens is 360 g/mol. The molecule has 0 bridgehead atoms. The third-order valence-corrected chi connectivity index (χ3v) is 6.32. The van der Waals surface area contributed by atoms with Gasteiger partial charge in [-0.3, -0.25) is 4.90 Å². The van der Waals surface area contributed by atoms with Crippen LogP contribution in [0.15, 0.2) is 54.6 Å². The Morgan fingerprint density at radius 3 is 2.41 bits per heavy atom. The Bertz CT molecular complexity index is 726. The molecule has 0 saturated carbocycles. The van der Waals surface area contributed by atoms with Gasteiger partial charge in [-0.2, -0.15) is 0 Å². The molecule has 4 heteroatoms. The summed E-state index contributed by atoms with van der Waals surface area (Å²) in [6.07, 6.45) is 3.90. The second-order valence-corrected chi connectivity index (χ2v) is 8.42. The van der Waals surface area contributed by atoms with Crippen LogP contribution in [0.2, 0.25) is 0 Å². The highest BCUT2D eigenvalue weighted by atomic mass is 16.5. The molecule has 2 aromatic rings. The van der Waals surface area contributed by atoms with Gasteiger partial charge in [0, 0.05) is 32.8 Å². The first-order valence-corrected chi connectivity index (χ1v) is 11.0. The first-order chi connectivity index (χ1) is 14.3. The molecule has 0 amide bonds. The Labute approximate surface area is 175 Å². The van der Waals surface area contributed by atoms with Gasteiger partial charge < -0.3 is 14.4 Å². The Morgan fingerprint density at radius 1 is 0.931 bits per heavy atom. The molecule has 156 valence electrons. The van der Waals surface area contributed by atoms with Crippen LogP contribution < -0.4 is 4.74 Å². The minimum Gasteiger partial charge on any atom is -0.497 e. The van der Waals surface area contributed by atoms with Crippen LogP contribution >= 0.6 is 0 Å². The van der Waals surface area contributed by atoms with Crippen LogP contribution in [-0.2, 0) is 11.3 Å². The van der Waals surface area contributed by atoms with Crippen molar-refractivity contribution >= 4 is 0 Å². The van der Waals surface area contributed by atoms with Crippen molar-refractivity contribution in [2.75, 3.05) is 46.4 Å². The largest absolute Gasteiger partial charge is 0.497 e. The molecule has 0 spiro atoms. The molecule has 4 nitrogen and oxygen atoms in total. The molecule has 2 aliphatic rings. The Kier molecular flexibility index (Phi) is 7.20. The molecule has 2 aromatic carbocycles. The summed E-state index contributed by atoms with van der Waals surface area (Å²) in [5.74, 6) is 1.61. The van der Waals surface area contributed by atoms with Crippen molar-refractivity contribution in [3.63, 3.8) is 0 Å².